The first kappa shape index (κ1) is 16.4. The monoisotopic (exact) mass is 362 g/mol. The molecule has 0 unspecified atom stereocenters. The summed E-state index contributed by atoms with van der Waals surface area (Å²) in [4.78, 5) is 16.8. The van der Waals surface area contributed by atoms with Crippen LogP contribution in [0, 0.1) is 6.92 Å². The Morgan fingerprint density at radius 2 is 1.81 bits per heavy atom. The van der Waals surface area contributed by atoms with E-state index in [4.69, 9.17) is 16.0 Å². The standard InChI is InChI=1S/C21H15ClN2O2/c1-13-6-8-14(9-7-13)20(25)23-15-10-11-18-19(12-15)26-21(24-18)16-4-2-3-5-17(16)22/h2-12H,1H3,(H,23,25). The molecule has 0 aliphatic heterocycles. The van der Waals surface area contributed by atoms with Gasteiger partial charge in [0.05, 0.1) is 10.6 Å². The zero-order chi connectivity index (χ0) is 18.1. The number of carbonyl (C=O) groups excluding carboxylic acids is 1. The third kappa shape index (κ3) is 3.19. The van der Waals surface area contributed by atoms with Crippen molar-refractivity contribution in [2.45, 2.75) is 6.92 Å². The predicted molar refractivity (Wildman–Crippen MR) is 104 cm³/mol. The maximum Gasteiger partial charge on any atom is 0.255 e. The number of aryl methyl sites for hydroxylation is 1. The molecular weight excluding hydrogens is 348 g/mol. The molecule has 4 nitrogen and oxygen atoms in total. The van der Waals surface area contributed by atoms with Gasteiger partial charge in [0.1, 0.15) is 5.52 Å². The fraction of sp³-hybridized carbons (Fsp3) is 0.0476. The van der Waals surface area contributed by atoms with Gasteiger partial charge in [0.2, 0.25) is 5.89 Å². The molecule has 4 aromatic rings. The van der Waals surface area contributed by atoms with Crippen molar-refractivity contribution in [2.24, 2.45) is 0 Å². The van der Waals surface area contributed by atoms with Crippen LogP contribution in [0.1, 0.15) is 15.9 Å². The van der Waals surface area contributed by atoms with Gasteiger partial charge in [0.15, 0.2) is 5.58 Å². The summed E-state index contributed by atoms with van der Waals surface area (Å²) in [5, 5.41) is 3.45. The summed E-state index contributed by atoms with van der Waals surface area (Å²) in [6.45, 7) is 1.98. The average molecular weight is 363 g/mol. The molecule has 4 rings (SSSR count). The summed E-state index contributed by atoms with van der Waals surface area (Å²) < 4.78 is 5.83. The third-order valence-electron chi connectivity index (χ3n) is 4.06. The SMILES string of the molecule is Cc1ccc(C(=O)Nc2ccc3nc(-c4ccccc4Cl)oc3c2)cc1. The number of oxazole rings is 1. The number of fused-ring (bicyclic) bond motifs is 1. The van der Waals surface area contributed by atoms with Crippen LogP contribution in [0.4, 0.5) is 5.69 Å². The number of carbonyl (C=O) groups is 1. The van der Waals surface area contributed by atoms with E-state index in [1.165, 1.54) is 0 Å². The lowest BCUT2D eigenvalue weighted by Crippen LogP contribution is -2.11. The Bertz CT molecular complexity index is 1100. The molecule has 5 heteroatoms. The fourth-order valence-corrected chi connectivity index (χ4v) is 2.88. The number of benzene rings is 3. The van der Waals surface area contributed by atoms with E-state index in [1.807, 2.05) is 43.3 Å². The largest absolute Gasteiger partial charge is 0.436 e. The van der Waals surface area contributed by atoms with Gasteiger partial charge in [-0.3, -0.25) is 4.79 Å². The van der Waals surface area contributed by atoms with E-state index in [1.54, 1.807) is 30.3 Å². The van der Waals surface area contributed by atoms with E-state index < -0.39 is 0 Å². The van der Waals surface area contributed by atoms with Crippen molar-refractivity contribution in [2.75, 3.05) is 5.32 Å². The van der Waals surface area contributed by atoms with Crippen LogP contribution in [0.3, 0.4) is 0 Å². The molecule has 1 aromatic heterocycles. The van der Waals surface area contributed by atoms with Crippen molar-refractivity contribution < 1.29 is 9.21 Å². The molecule has 0 saturated heterocycles. The number of anilines is 1. The van der Waals surface area contributed by atoms with Crippen LogP contribution in [0.2, 0.25) is 5.02 Å². The summed E-state index contributed by atoms with van der Waals surface area (Å²) in [5.74, 6) is 0.280. The van der Waals surface area contributed by atoms with Crippen LogP contribution in [-0.4, -0.2) is 10.9 Å². The molecular formula is C21H15ClN2O2. The normalized spacial score (nSPS) is 10.8. The second kappa shape index (κ2) is 6.65. The molecule has 0 spiro atoms. The maximum atomic E-state index is 12.4. The third-order valence-corrected chi connectivity index (χ3v) is 4.39. The molecule has 0 aliphatic rings. The Kier molecular flexibility index (Phi) is 4.19. The van der Waals surface area contributed by atoms with Gasteiger partial charge in [-0.1, -0.05) is 41.4 Å². The highest BCUT2D eigenvalue weighted by Gasteiger charge is 2.12. The van der Waals surface area contributed by atoms with Crippen LogP contribution >= 0.6 is 11.6 Å². The minimum atomic E-state index is -0.171. The number of hydrogen-bond donors (Lipinski definition) is 1. The zero-order valence-electron chi connectivity index (χ0n) is 14.0. The first-order valence-corrected chi connectivity index (χ1v) is 8.51. The molecule has 1 heterocycles. The van der Waals surface area contributed by atoms with Crippen molar-refractivity contribution >= 4 is 34.3 Å². The van der Waals surface area contributed by atoms with Crippen LogP contribution in [-0.2, 0) is 0 Å². The molecule has 0 fully saturated rings. The Hall–Kier alpha value is -3.11. The Balaban J connectivity index is 1.62. The molecule has 3 aromatic carbocycles. The van der Waals surface area contributed by atoms with Gasteiger partial charge in [0, 0.05) is 17.3 Å². The van der Waals surface area contributed by atoms with Gasteiger partial charge in [-0.05, 0) is 43.3 Å². The van der Waals surface area contributed by atoms with E-state index in [2.05, 4.69) is 10.3 Å². The van der Waals surface area contributed by atoms with Gasteiger partial charge in [-0.2, -0.15) is 0 Å². The highest BCUT2D eigenvalue weighted by atomic mass is 35.5. The second-order valence-corrected chi connectivity index (χ2v) is 6.41. The van der Waals surface area contributed by atoms with Crippen LogP contribution in [0.15, 0.2) is 71.1 Å². The number of nitrogens with zero attached hydrogens (tertiary/aromatic N) is 1. The number of amides is 1. The molecule has 26 heavy (non-hydrogen) atoms. The number of hydrogen-bond acceptors (Lipinski definition) is 3. The lowest BCUT2D eigenvalue weighted by atomic mass is 10.1. The van der Waals surface area contributed by atoms with Crippen molar-refractivity contribution in [1.29, 1.82) is 0 Å². The van der Waals surface area contributed by atoms with Crippen LogP contribution < -0.4 is 5.32 Å². The summed E-state index contributed by atoms with van der Waals surface area (Å²) in [6, 6.07) is 20.2. The highest BCUT2D eigenvalue weighted by molar-refractivity contribution is 6.33. The fourth-order valence-electron chi connectivity index (χ4n) is 2.66. The van der Waals surface area contributed by atoms with E-state index >= 15 is 0 Å². The Morgan fingerprint density at radius 3 is 2.58 bits per heavy atom. The van der Waals surface area contributed by atoms with Crippen molar-refractivity contribution in [3.05, 3.63) is 82.9 Å². The maximum absolute atomic E-state index is 12.4. The van der Waals surface area contributed by atoms with E-state index in [0.717, 1.165) is 11.1 Å². The Labute approximate surface area is 155 Å². The average Bonchev–Trinajstić information content (AvgIpc) is 3.05. The van der Waals surface area contributed by atoms with Gasteiger partial charge in [0.25, 0.3) is 5.91 Å². The number of aromatic nitrogens is 1. The molecule has 0 bridgehead atoms. The molecule has 1 N–H and O–H groups in total. The molecule has 0 atom stereocenters. The quantitative estimate of drug-likeness (QED) is 0.508. The summed E-state index contributed by atoms with van der Waals surface area (Å²) in [5.41, 5.74) is 4.37. The lowest BCUT2D eigenvalue weighted by Gasteiger charge is -2.05. The second-order valence-electron chi connectivity index (χ2n) is 6.00. The summed E-state index contributed by atoms with van der Waals surface area (Å²) in [7, 11) is 0. The molecule has 0 aliphatic carbocycles. The minimum Gasteiger partial charge on any atom is -0.436 e. The predicted octanol–water partition coefficient (Wildman–Crippen LogP) is 5.71. The molecule has 128 valence electrons. The van der Waals surface area contributed by atoms with Gasteiger partial charge in [-0.25, -0.2) is 4.98 Å². The van der Waals surface area contributed by atoms with Crippen LogP contribution in [0.25, 0.3) is 22.6 Å². The smallest absolute Gasteiger partial charge is 0.255 e. The first-order chi connectivity index (χ1) is 12.6. The van der Waals surface area contributed by atoms with Gasteiger partial charge >= 0.3 is 0 Å². The molecule has 0 radical (unpaired) electrons. The number of rotatable bonds is 3. The first-order valence-electron chi connectivity index (χ1n) is 8.14. The van der Waals surface area contributed by atoms with Gasteiger partial charge in [-0.15, -0.1) is 0 Å². The van der Waals surface area contributed by atoms with Gasteiger partial charge < -0.3 is 9.73 Å². The van der Waals surface area contributed by atoms with E-state index in [-0.39, 0.29) is 5.91 Å². The minimum absolute atomic E-state index is 0.171. The zero-order valence-corrected chi connectivity index (χ0v) is 14.7. The molecule has 1 amide bonds. The number of halogens is 1. The summed E-state index contributed by atoms with van der Waals surface area (Å²) in [6.07, 6.45) is 0. The van der Waals surface area contributed by atoms with E-state index in [0.29, 0.717) is 33.3 Å². The van der Waals surface area contributed by atoms with Crippen molar-refractivity contribution in [1.82, 2.24) is 4.98 Å². The van der Waals surface area contributed by atoms with Crippen LogP contribution in [0.5, 0.6) is 0 Å². The number of nitrogens with one attached hydrogen (secondary N) is 1. The van der Waals surface area contributed by atoms with Crippen molar-refractivity contribution in [3.8, 4) is 11.5 Å². The summed E-state index contributed by atoms with van der Waals surface area (Å²) >= 11 is 6.21. The topological polar surface area (TPSA) is 55.1 Å². The Morgan fingerprint density at radius 1 is 1.04 bits per heavy atom. The highest BCUT2D eigenvalue weighted by Crippen LogP contribution is 2.30. The lowest BCUT2D eigenvalue weighted by molar-refractivity contribution is 0.102. The molecule has 0 saturated carbocycles. The van der Waals surface area contributed by atoms with E-state index in [9.17, 15) is 4.79 Å². The van der Waals surface area contributed by atoms with Crippen molar-refractivity contribution in [3.63, 3.8) is 0 Å².